The van der Waals surface area contributed by atoms with Crippen LogP contribution in [0.1, 0.15) is 15.9 Å². The molecule has 6 aromatic rings. The first kappa shape index (κ1) is 26.7. The maximum absolute atomic E-state index is 13.2. The molecule has 206 valence electrons. The number of anilines is 1. The molecule has 0 saturated carbocycles. The van der Waals surface area contributed by atoms with Gasteiger partial charge in [-0.05, 0) is 36.8 Å². The Labute approximate surface area is 241 Å². The van der Waals surface area contributed by atoms with Crippen molar-refractivity contribution in [3.8, 4) is 33.0 Å². The molecule has 6 rings (SSSR count). The number of nitrogens with one attached hydrogen (secondary N) is 1. The Morgan fingerprint density at radius 3 is 2.44 bits per heavy atom. The van der Waals surface area contributed by atoms with Gasteiger partial charge in [0, 0.05) is 48.4 Å². The van der Waals surface area contributed by atoms with Gasteiger partial charge in [-0.25, -0.2) is 18.4 Å². The number of benzene rings is 3. The number of hydrogen-bond acceptors (Lipinski definition) is 7. The normalized spacial score (nSPS) is 11.7. The molecule has 0 aliphatic carbocycles. The summed E-state index contributed by atoms with van der Waals surface area (Å²) in [7, 11) is -0.543. The first-order valence-corrected chi connectivity index (χ1v) is 15.5. The Kier molecular flexibility index (Phi) is 6.59. The van der Waals surface area contributed by atoms with Gasteiger partial charge in [-0.1, -0.05) is 59.4 Å². The van der Waals surface area contributed by atoms with E-state index in [0.29, 0.717) is 33.5 Å². The Balaban J connectivity index is 1.61. The number of furan rings is 1. The van der Waals surface area contributed by atoms with Gasteiger partial charge in [0.1, 0.15) is 26.7 Å². The van der Waals surface area contributed by atoms with E-state index in [1.165, 1.54) is 22.7 Å². The molecule has 0 aliphatic heterocycles. The monoisotopic (exact) mass is 582 g/mol. The van der Waals surface area contributed by atoms with Crippen LogP contribution in [0.15, 0.2) is 83.4 Å². The summed E-state index contributed by atoms with van der Waals surface area (Å²) in [6.45, 7) is 1.99. The number of amides is 1. The van der Waals surface area contributed by atoms with Crippen LogP contribution in [0.3, 0.4) is 0 Å². The molecular weight excluding hydrogens is 556 g/mol. The first-order chi connectivity index (χ1) is 19.6. The third-order valence-electron chi connectivity index (χ3n) is 7.00. The van der Waals surface area contributed by atoms with Gasteiger partial charge >= 0.3 is 0 Å². The largest absolute Gasteiger partial charge is 0.455 e. The SMILES string of the molecule is CNC(=O)c1c(-c2ccc(C)cc2)oc2cc(N(C)S(C)(=O)=O)c(-c3cccc(-c4nc5cccnc5s4)c3)cc12. The van der Waals surface area contributed by atoms with Crippen molar-refractivity contribution >= 4 is 54.3 Å². The zero-order valence-corrected chi connectivity index (χ0v) is 24.4. The van der Waals surface area contributed by atoms with Gasteiger partial charge < -0.3 is 9.73 Å². The Morgan fingerprint density at radius 1 is 0.976 bits per heavy atom. The predicted molar refractivity (Wildman–Crippen MR) is 165 cm³/mol. The average Bonchev–Trinajstić information content (AvgIpc) is 3.57. The molecule has 10 heteroatoms. The van der Waals surface area contributed by atoms with Crippen molar-refractivity contribution in [1.82, 2.24) is 15.3 Å². The highest BCUT2D eigenvalue weighted by molar-refractivity contribution is 7.92. The molecule has 0 spiro atoms. The second kappa shape index (κ2) is 10.1. The summed E-state index contributed by atoms with van der Waals surface area (Å²) in [4.78, 5) is 23.2. The van der Waals surface area contributed by atoms with Crippen LogP contribution < -0.4 is 9.62 Å². The number of rotatable bonds is 6. The smallest absolute Gasteiger partial charge is 0.255 e. The van der Waals surface area contributed by atoms with Crippen molar-refractivity contribution in [3.63, 3.8) is 0 Å². The number of pyridine rings is 1. The van der Waals surface area contributed by atoms with Crippen molar-refractivity contribution in [1.29, 1.82) is 0 Å². The highest BCUT2D eigenvalue weighted by Gasteiger charge is 2.26. The highest BCUT2D eigenvalue weighted by Crippen LogP contribution is 2.42. The van der Waals surface area contributed by atoms with Gasteiger partial charge in [-0.2, -0.15) is 0 Å². The van der Waals surface area contributed by atoms with E-state index in [-0.39, 0.29) is 5.91 Å². The number of fused-ring (bicyclic) bond motifs is 2. The van der Waals surface area contributed by atoms with Gasteiger partial charge in [0.2, 0.25) is 10.0 Å². The van der Waals surface area contributed by atoms with Crippen LogP contribution in [0, 0.1) is 6.92 Å². The van der Waals surface area contributed by atoms with E-state index in [2.05, 4.69) is 10.3 Å². The van der Waals surface area contributed by atoms with Crippen molar-refractivity contribution in [2.45, 2.75) is 6.92 Å². The molecule has 0 saturated heterocycles. The average molecular weight is 583 g/mol. The van der Waals surface area contributed by atoms with Gasteiger partial charge in [-0.15, -0.1) is 0 Å². The number of aromatic nitrogens is 2. The van der Waals surface area contributed by atoms with Crippen molar-refractivity contribution in [2.24, 2.45) is 0 Å². The van der Waals surface area contributed by atoms with E-state index in [4.69, 9.17) is 9.40 Å². The maximum Gasteiger partial charge on any atom is 0.255 e. The van der Waals surface area contributed by atoms with E-state index >= 15 is 0 Å². The summed E-state index contributed by atoms with van der Waals surface area (Å²) in [6.07, 6.45) is 2.89. The van der Waals surface area contributed by atoms with E-state index in [1.807, 2.05) is 73.7 Å². The van der Waals surface area contributed by atoms with Crippen LogP contribution in [-0.2, 0) is 10.0 Å². The van der Waals surface area contributed by atoms with Crippen LogP contribution in [0.5, 0.6) is 0 Å². The van der Waals surface area contributed by atoms with Gasteiger partial charge in [-0.3, -0.25) is 9.10 Å². The summed E-state index contributed by atoms with van der Waals surface area (Å²) < 4.78 is 33.0. The summed E-state index contributed by atoms with van der Waals surface area (Å²) in [5, 5.41) is 4.11. The third-order valence-corrected chi connectivity index (χ3v) is 9.22. The molecule has 0 atom stereocenters. The van der Waals surface area contributed by atoms with E-state index in [9.17, 15) is 13.2 Å². The lowest BCUT2D eigenvalue weighted by molar-refractivity contribution is 0.0964. The van der Waals surface area contributed by atoms with E-state index in [1.54, 1.807) is 19.3 Å². The maximum atomic E-state index is 13.2. The summed E-state index contributed by atoms with van der Waals surface area (Å²) in [6, 6.07) is 22.8. The fourth-order valence-corrected chi connectivity index (χ4v) is 6.19. The molecule has 0 bridgehead atoms. The minimum Gasteiger partial charge on any atom is -0.455 e. The highest BCUT2D eigenvalue weighted by atomic mass is 32.2. The zero-order chi connectivity index (χ0) is 28.9. The van der Waals surface area contributed by atoms with Crippen LogP contribution in [-0.4, -0.2) is 44.6 Å². The second-order valence-corrected chi connectivity index (χ2v) is 12.8. The molecule has 0 fully saturated rings. The molecule has 1 N–H and O–H groups in total. The molecule has 3 aromatic carbocycles. The number of carbonyl (C=O) groups is 1. The van der Waals surface area contributed by atoms with Crippen LogP contribution in [0.4, 0.5) is 5.69 Å². The van der Waals surface area contributed by atoms with Crippen molar-refractivity contribution in [3.05, 3.63) is 90.1 Å². The van der Waals surface area contributed by atoms with Crippen molar-refractivity contribution in [2.75, 3.05) is 24.7 Å². The molecular formula is C31H26N4O4S2. The number of sulfonamides is 1. The van der Waals surface area contributed by atoms with Crippen LogP contribution in [0.25, 0.3) is 54.3 Å². The van der Waals surface area contributed by atoms with Crippen LogP contribution >= 0.6 is 11.3 Å². The Bertz CT molecular complexity index is 2030. The minimum atomic E-state index is -3.62. The summed E-state index contributed by atoms with van der Waals surface area (Å²) >= 11 is 1.49. The molecule has 41 heavy (non-hydrogen) atoms. The number of nitrogens with zero attached hydrogens (tertiary/aromatic N) is 3. The lowest BCUT2D eigenvalue weighted by Crippen LogP contribution is -2.25. The number of hydrogen-bond donors (Lipinski definition) is 1. The van der Waals surface area contributed by atoms with Gasteiger partial charge in [0.15, 0.2) is 0 Å². The Hall–Kier alpha value is -4.54. The molecule has 3 heterocycles. The number of carbonyl (C=O) groups excluding carboxylic acids is 1. The fourth-order valence-electron chi connectivity index (χ4n) is 4.77. The quantitative estimate of drug-likeness (QED) is 0.240. The first-order valence-electron chi connectivity index (χ1n) is 12.8. The lowest BCUT2D eigenvalue weighted by atomic mass is 9.97. The second-order valence-electron chi connectivity index (χ2n) is 9.77. The van der Waals surface area contributed by atoms with E-state index in [0.717, 1.165) is 43.9 Å². The summed E-state index contributed by atoms with van der Waals surface area (Å²) in [5.74, 6) is 0.116. The standard InChI is InChI=1S/C31H26N4O4S2/c1-18-10-12-19(13-11-18)28-27(29(36)32-2)23-16-22(25(17-26(23)39-28)35(3)41(4,37)38)20-7-5-8-21(15-20)30-34-24-9-6-14-33-31(24)40-30/h5-17H,1-4H3,(H,32,36). The number of thiazole rings is 1. The van der Waals surface area contributed by atoms with Gasteiger partial charge in [0.25, 0.3) is 5.91 Å². The number of aryl methyl sites for hydroxylation is 1. The molecule has 0 radical (unpaired) electrons. The summed E-state index contributed by atoms with van der Waals surface area (Å²) in [5.41, 5.74) is 6.13. The van der Waals surface area contributed by atoms with Crippen molar-refractivity contribution < 1.29 is 17.6 Å². The molecule has 3 aromatic heterocycles. The molecule has 0 aliphatic rings. The lowest BCUT2D eigenvalue weighted by Gasteiger charge is -2.21. The van der Waals surface area contributed by atoms with Crippen LogP contribution in [0.2, 0.25) is 0 Å². The predicted octanol–water partition coefficient (Wildman–Crippen LogP) is 6.50. The van der Waals surface area contributed by atoms with E-state index < -0.39 is 10.0 Å². The molecule has 1 amide bonds. The van der Waals surface area contributed by atoms with Gasteiger partial charge in [0.05, 0.1) is 17.5 Å². The minimum absolute atomic E-state index is 0.301. The molecule has 0 unspecified atom stereocenters. The third kappa shape index (κ3) is 4.85. The molecule has 8 nitrogen and oxygen atoms in total. The topological polar surface area (TPSA) is 105 Å². The zero-order valence-electron chi connectivity index (χ0n) is 22.8. The fraction of sp³-hybridized carbons (Fsp3) is 0.129. The Morgan fingerprint density at radius 2 is 1.73 bits per heavy atom.